The minimum Gasteiger partial charge on any atom is -0.0620 e. The van der Waals surface area contributed by atoms with E-state index in [4.69, 9.17) is 14.0 Å². The summed E-state index contributed by atoms with van der Waals surface area (Å²) in [4.78, 5) is 0. The Morgan fingerprint density at radius 3 is 0.750 bits per heavy atom. The summed E-state index contributed by atoms with van der Waals surface area (Å²) >= 11 is 0. The van der Waals surface area contributed by atoms with Gasteiger partial charge in [0.15, 0.2) is 0 Å². The van der Waals surface area contributed by atoms with Crippen LogP contribution in [0.3, 0.4) is 0 Å². The van der Waals surface area contributed by atoms with Crippen LogP contribution in [0.25, 0.3) is 0 Å². The first-order chi connectivity index (χ1) is 21.4. The van der Waals surface area contributed by atoms with Crippen LogP contribution in [0.2, 0.25) is 0 Å². The molecular weight excluding hydrogens is 644 g/mol. The fourth-order valence-corrected chi connectivity index (χ4v) is 15.2. The van der Waals surface area contributed by atoms with Gasteiger partial charge in [0.2, 0.25) is 0 Å². The van der Waals surface area contributed by atoms with Crippen molar-refractivity contribution in [2.45, 2.75) is 0 Å². The second kappa shape index (κ2) is 24.4. The summed E-state index contributed by atoms with van der Waals surface area (Å²) in [6.45, 7) is 13.5. The quantitative estimate of drug-likeness (QED) is 0.0697. The molecule has 0 bridgehead atoms. The molecule has 0 heterocycles. The molecule has 0 N–H and O–H groups in total. The van der Waals surface area contributed by atoms with E-state index in [1.54, 1.807) is 5.30 Å². The van der Waals surface area contributed by atoms with E-state index in [-0.39, 0.29) is 16.5 Å². The number of benzene rings is 5. The molecule has 7 heteroatoms. The maximum atomic E-state index is 7.50. The van der Waals surface area contributed by atoms with Gasteiger partial charge in [-0.15, -0.1) is 0 Å². The van der Waals surface area contributed by atoms with Gasteiger partial charge in [-0.2, -0.15) is 0 Å². The Labute approximate surface area is 275 Å². The van der Waals surface area contributed by atoms with Gasteiger partial charge in [0, 0.05) is 7.92 Å². The van der Waals surface area contributed by atoms with Gasteiger partial charge in [-0.3, -0.25) is 0 Å². The zero-order valence-electron chi connectivity index (χ0n) is 24.3. The molecule has 0 aliphatic heterocycles. The van der Waals surface area contributed by atoms with E-state index in [0.717, 1.165) is 0 Å². The molecule has 0 saturated carbocycles. The van der Waals surface area contributed by atoms with Crippen LogP contribution in [0, 0.1) is 20.0 Å². The monoisotopic (exact) mass is 679 g/mol. The van der Waals surface area contributed by atoms with Crippen LogP contribution in [0.15, 0.2) is 152 Å². The molecule has 1 radical (unpaired) electrons. The molecule has 44 heavy (non-hydrogen) atoms. The molecule has 221 valence electrons. The molecule has 0 aliphatic rings. The maximum absolute atomic E-state index is 7.50. The molecule has 5 aromatic rings. The van der Waals surface area contributed by atoms with Crippen molar-refractivity contribution in [3.8, 4) is 0 Å². The predicted molar refractivity (Wildman–Crippen MR) is 187 cm³/mol. The molecule has 0 fully saturated rings. The van der Waals surface area contributed by atoms with E-state index in [1.165, 1.54) is 45.9 Å². The van der Waals surface area contributed by atoms with Crippen molar-refractivity contribution in [2.75, 3.05) is 24.6 Å². The summed E-state index contributed by atoms with van der Waals surface area (Å²) in [5.74, 6) is 0. The summed E-state index contributed by atoms with van der Waals surface area (Å²) in [7, 11) is -2.31. The third-order valence-corrected chi connectivity index (χ3v) is 16.5. The van der Waals surface area contributed by atoms with Crippen LogP contribution in [0.4, 0.5) is 0 Å². The number of hydrogen-bond acceptors (Lipinski definition) is 0. The standard InChI is InChI=1S/C34H33P3.3CO.Ni/c1-6-16-30(17-7-1)35(26-28-36(31-18-8-2-9-19-31)32-20-10-3-11-21-32)27-29-37(33-22-12-4-13-23-33)34-24-14-5-15-25-34;3*1-2;/h1-25H,26-29H2;;;;/q;;;;+3/p+3. The first kappa shape index (κ1) is 39.1. The zero-order chi connectivity index (χ0) is 31.1. The fourth-order valence-electron chi connectivity index (χ4n) is 5.11. The van der Waals surface area contributed by atoms with E-state index in [1.807, 2.05) is 0 Å². The zero-order valence-corrected chi connectivity index (χ0v) is 28.3. The van der Waals surface area contributed by atoms with Gasteiger partial charge < -0.3 is 0 Å². The Morgan fingerprint density at radius 1 is 0.318 bits per heavy atom. The predicted octanol–water partition coefficient (Wildman–Crippen LogP) is 6.14. The Bertz CT molecular complexity index is 1290. The second-order valence-electron chi connectivity index (χ2n) is 9.39. The minimum atomic E-state index is -0.809. The first-order valence-corrected chi connectivity index (χ1v) is 19.2. The molecule has 0 amide bonds. The van der Waals surface area contributed by atoms with Gasteiger partial charge in [0.25, 0.3) is 0 Å². The van der Waals surface area contributed by atoms with Crippen LogP contribution >= 0.6 is 23.8 Å². The van der Waals surface area contributed by atoms with Gasteiger partial charge in [-0.05, 0) is 60.7 Å². The molecule has 0 atom stereocenters. The smallest absolute Gasteiger partial charge is 0.0620 e. The largest absolute Gasteiger partial charge is 3.00 e. The molecule has 0 saturated heterocycles. The maximum Gasteiger partial charge on any atom is 3.00 e. The van der Waals surface area contributed by atoms with Crippen molar-refractivity contribution in [2.24, 2.45) is 0 Å². The summed E-state index contributed by atoms with van der Waals surface area (Å²) in [6.07, 6.45) is 5.23. The normalized spacial score (nSPS) is 9.66. The molecule has 5 aromatic carbocycles. The molecule has 5 rings (SSSR count). The summed E-state index contributed by atoms with van der Waals surface area (Å²) in [6, 6.07) is 56.5. The first-order valence-electron chi connectivity index (χ1n) is 13.8. The van der Waals surface area contributed by atoms with Gasteiger partial charge in [-0.25, -0.2) is 0 Å². The van der Waals surface area contributed by atoms with Crippen molar-refractivity contribution in [1.82, 2.24) is 0 Å². The second-order valence-corrected chi connectivity index (χ2v) is 17.4. The van der Waals surface area contributed by atoms with E-state index in [9.17, 15) is 0 Å². The van der Waals surface area contributed by atoms with Gasteiger partial charge in [-0.1, -0.05) is 91.0 Å². The number of hydrogen-bond donors (Lipinski definition) is 0. The number of rotatable bonds is 11. The third kappa shape index (κ3) is 12.6. The van der Waals surface area contributed by atoms with E-state index in [0.29, 0.717) is 0 Å². The Hall–Kier alpha value is -2.90. The molecule has 0 spiro atoms. The average molecular weight is 680 g/mol. The fraction of sp³-hybridized carbons (Fsp3) is 0.108. The van der Waals surface area contributed by atoms with E-state index < -0.39 is 23.8 Å². The Kier molecular flexibility index (Phi) is 21.7. The minimum absolute atomic E-state index is 0. The van der Waals surface area contributed by atoms with Crippen molar-refractivity contribution < 1.29 is 30.4 Å². The van der Waals surface area contributed by atoms with Crippen LogP contribution in [0.1, 0.15) is 0 Å². The van der Waals surface area contributed by atoms with Gasteiger partial charge in [0.05, 0.1) is 54.7 Å². The van der Waals surface area contributed by atoms with Crippen molar-refractivity contribution in [3.63, 3.8) is 0 Å². The summed E-state index contributed by atoms with van der Waals surface area (Å²) in [5.41, 5.74) is 0. The Balaban J connectivity index is 0.00000130. The van der Waals surface area contributed by atoms with Crippen LogP contribution in [-0.2, 0) is 30.4 Å². The molecule has 3 nitrogen and oxygen atoms in total. The topological polar surface area (TPSA) is 59.7 Å². The average Bonchev–Trinajstić information content (AvgIpc) is 3.12. The van der Waals surface area contributed by atoms with Crippen molar-refractivity contribution in [1.29, 1.82) is 0 Å². The van der Waals surface area contributed by atoms with Crippen LogP contribution in [0.5, 0.6) is 0 Å². The van der Waals surface area contributed by atoms with E-state index in [2.05, 4.69) is 172 Å². The molecule has 0 aromatic heterocycles. The van der Waals surface area contributed by atoms with Gasteiger partial charge in [0.1, 0.15) is 12.3 Å². The van der Waals surface area contributed by atoms with Crippen molar-refractivity contribution >= 4 is 50.3 Å². The molecular formula is C37H36NiO3P3+6. The third-order valence-electron chi connectivity index (χ3n) is 7.02. The van der Waals surface area contributed by atoms with Gasteiger partial charge >= 0.3 is 50.4 Å². The molecule has 0 unspecified atom stereocenters. The molecule has 0 aliphatic carbocycles. The van der Waals surface area contributed by atoms with Crippen LogP contribution in [-0.4, -0.2) is 24.6 Å². The van der Waals surface area contributed by atoms with Crippen LogP contribution < -0.4 is 26.5 Å². The van der Waals surface area contributed by atoms with Crippen molar-refractivity contribution in [3.05, 3.63) is 172 Å². The van der Waals surface area contributed by atoms with E-state index >= 15 is 0 Å². The summed E-state index contributed by atoms with van der Waals surface area (Å²) in [5, 5.41) is 7.73. The SMILES string of the molecule is [C-]#[O+].[C-]#[O+].[C-]#[O+].[Ni+3].c1ccc([PH+](CC[PH+](c2ccccc2)c2ccccc2)CC[PH+](c2ccccc2)c2ccccc2)cc1. The summed E-state index contributed by atoms with van der Waals surface area (Å²) < 4.78 is 22.5. The Morgan fingerprint density at radius 2 is 0.523 bits per heavy atom.